The largest absolute Gasteiger partial charge is 0.497 e. The van der Waals surface area contributed by atoms with Gasteiger partial charge in [0.1, 0.15) is 17.1 Å². The first-order chi connectivity index (χ1) is 8.23. The predicted molar refractivity (Wildman–Crippen MR) is 69.9 cm³/mol. The van der Waals surface area contributed by atoms with Crippen LogP contribution in [-0.2, 0) is 6.42 Å². The van der Waals surface area contributed by atoms with E-state index in [9.17, 15) is 0 Å². The van der Waals surface area contributed by atoms with Gasteiger partial charge >= 0.3 is 0 Å². The number of rotatable bonds is 5. The third-order valence-corrected chi connectivity index (χ3v) is 3.52. The fourth-order valence-corrected chi connectivity index (χ4v) is 2.85. The summed E-state index contributed by atoms with van der Waals surface area (Å²) in [7, 11) is 1.71. The molecule has 2 rings (SSSR count). The van der Waals surface area contributed by atoms with Crippen molar-refractivity contribution in [2.45, 2.75) is 51.6 Å². The van der Waals surface area contributed by atoms with Crippen molar-refractivity contribution in [2.75, 3.05) is 7.11 Å². The molecule has 1 aliphatic rings. The molecular weight excluding hydrogens is 212 g/mol. The zero-order valence-electron chi connectivity index (χ0n) is 11.1. The van der Waals surface area contributed by atoms with Crippen molar-refractivity contribution in [1.82, 2.24) is 0 Å². The number of ether oxygens (including phenoxy) is 2. The number of benzene rings is 1. The lowest BCUT2D eigenvalue weighted by Gasteiger charge is -2.28. The first kappa shape index (κ1) is 12.3. The molecule has 0 spiro atoms. The molecule has 1 heterocycles. The van der Waals surface area contributed by atoms with Crippen LogP contribution in [0.4, 0.5) is 0 Å². The standard InChI is InChI=1S/C15H22O2/c1-4-8-15(9-5-2)11-12-10-13(16-3)6-7-14(12)17-15/h6-7,10H,4-5,8-9,11H2,1-3H3. The minimum atomic E-state index is 0.0399. The minimum Gasteiger partial charge on any atom is -0.497 e. The van der Waals surface area contributed by atoms with Gasteiger partial charge in [-0.2, -0.15) is 0 Å². The van der Waals surface area contributed by atoms with Gasteiger partial charge in [0.15, 0.2) is 0 Å². The first-order valence-corrected chi connectivity index (χ1v) is 6.59. The summed E-state index contributed by atoms with van der Waals surface area (Å²) >= 11 is 0. The molecule has 0 radical (unpaired) electrons. The third kappa shape index (κ3) is 2.41. The van der Waals surface area contributed by atoms with Crippen LogP contribution in [0.25, 0.3) is 0 Å². The Morgan fingerprint density at radius 3 is 2.53 bits per heavy atom. The van der Waals surface area contributed by atoms with Crippen LogP contribution in [0.2, 0.25) is 0 Å². The van der Waals surface area contributed by atoms with E-state index in [-0.39, 0.29) is 5.60 Å². The smallest absolute Gasteiger partial charge is 0.123 e. The highest BCUT2D eigenvalue weighted by atomic mass is 16.5. The summed E-state index contributed by atoms with van der Waals surface area (Å²) in [6, 6.07) is 6.14. The lowest BCUT2D eigenvalue weighted by Crippen LogP contribution is -2.33. The van der Waals surface area contributed by atoms with Gasteiger partial charge in [0.05, 0.1) is 7.11 Å². The van der Waals surface area contributed by atoms with Gasteiger partial charge in [-0.3, -0.25) is 0 Å². The van der Waals surface area contributed by atoms with Crippen molar-refractivity contribution in [3.8, 4) is 11.5 Å². The van der Waals surface area contributed by atoms with Crippen LogP contribution in [0.5, 0.6) is 11.5 Å². The summed E-state index contributed by atoms with van der Waals surface area (Å²) < 4.78 is 11.5. The summed E-state index contributed by atoms with van der Waals surface area (Å²) in [4.78, 5) is 0. The maximum absolute atomic E-state index is 6.22. The monoisotopic (exact) mass is 234 g/mol. The number of methoxy groups -OCH3 is 1. The first-order valence-electron chi connectivity index (χ1n) is 6.59. The van der Waals surface area contributed by atoms with Crippen LogP contribution in [0.1, 0.15) is 45.1 Å². The number of hydrogen-bond acceptors (Lipinski definition) is 2. The molecule has 1 aromatic rings. The van der Waals surface area contributed by atoms with Gasteiger partial charge in [0.2, 0.25) is 0 Å². The van der Waals surface area contributed by atoms with E-state index in [0.29, 0.717) is 0 Å². The average molecular weight is 234 g/mol. The Balaban J connectivity index is 2.22. The van der Waals surface area contributed by atoms with E-state index in [2.05, 4.69) is 19.9 Å². The Morgan fingerprint density at radius 2 is 1.94 bits per heavy atom. The van der Waals surface area contributed by atoms with Crippen molar-refractivity contribution < 1.29 is 9.47 Å². The Hall–Kier alpha value is -1.18. The molecule has 0 aromatic heterocycles. The second-order valence-electron chi connectivity index (χ2n) is 4.94. The van der Waals surface area contributed by atoms with Crippen LogP contribution in [0.3, 0.4) is 0 Å². The van der Waals surface area contributed by atoms with E-state index >= 15 is 0 Å². The summed E-state index contributed by atoms with van der Waals surface area (Å²) in [5, 5.41) is 0. The molecule has 0 saturated carbocycles. The second-order valence-corrected chi connectivity index (χ2v) is 4.94. The quantitative estimate of drug-likeness (QED) is 0.767. The molecular formula is C15H22O2. The third-order valence-electron chi connectivity index (χ3n) is 3.52. The molecule has 0 saturated heterocycles. The van der Waals surface area contributed by atoms with Gasteiger partial charge in [-0.15, -0.1) is 0 Å². The van der Waals surface area contributed by atoms with Gasteiger partial charge in [0.25, 0.3) is 0 Å². The molecule has 0 N–H and O–H groups in total. The maximum Gasteiger partial charge on any atom is 0.123 e. The van der Waals surface area contributed by atoms with E-state index in [1.807, 2.05) is 12.1 Å². The highest BCUT2D eigenvalue weighted by molar-refractivity contribution is 5.44. The molecule has 1 aromatic carbocycles. The molecule has 2 nitrogen and oxygen atoms in total. The van der Waals surface area contributed by atoms with E-state index in [1.165, 1.54) is 18.4 Å². The van der Waals surface area contributed by atoms with Gasteiger partial charge in [0, 0.05) is 12.0 Å². The van der Waals surface area contributed by atoms with Crippen LogP contribution < -0.4 is 9.47 Å². The molecule has 0 amide bonds. The summed E-state index contributed by atoms with van der Waals surface area (Å²) in [5.74, 6) is 1.98. The number of hydrogen-bond donors (Lipinski definition) is 0. The topological polar surface area (TPSA) is 18.5 Å². The van der Waals surface area contributed by atoms with E-state index in [4.69, 9.17) is 9.47 Å². The zero-order valence-corrected chi connectivity index (χ0v) is 11.1. The SMILES string of the molecule is CCCC1(CCC)Cc2cc(OC)ccc2O1. The second kappa shape index (κ2) is 4.99. The van der Waals surface area contributed by atoms with Crippen molar-refractivity contribution in [1.29, 1.82) is 0 Å². The highest BCUT2D eigenvalue weighted by Gasteiger charge is 2.37. The molecule has 0 bridgehead atoms. The molecule has 2 heteroatoms. The molecule has 0 atom stereocenters. The molecule has 0 unspecified atom stereocenters. The minimum absolute atomic E-state index is 0.0399. The van der Waals surface area contributed by atoms with Crippen LogP contribution in [0, 0.1) is 0 Å². The van der Waals surface area contributed by atoms with Crippen molar-refractivity contribution in [3.05, 3.63) is 23.8 Å². The highest BCUT2D eigenvalue weighted by Crippen LogP contribution is 2.41. The predicted octanol–water partition coefficient (Wildman–Crippen LogP) is 3.97. The van der Waals surface area contributed by atoms with Crippen LogP contribution in [-0.4, -0.2) is 12.7 Å². The molecule has 17 heavy (non-hydrogen) atoms. The Bertz CT molecular complexity index is 379. The van der Waals surface area contributed by atoms with Gasteiger partial charge in [-0.25, -0.2) is 0 Å². The Kier molecular flexibility index (Phi) is 3.60. The lowest BCUT2D eigenvalue weighted by molar-refractivity contribution is 0.0730. The molecule has 1 aliphatic heterocycles. The Labute approximate surface area is 104 Å². The lowest BCUT2D eigenvalue weighted by atomic mass is 9.88. The fourth-order valence-electron chi connectivity index (χ4n) is 2.85. The van der Waals surface area contributed by atoms with Gasteiger partial charge < -0.3 is 9.47 Å². The van der Waals surface area contributed by atoms with E-state index in [1.54, 1.807) is 7.11 Å². The van der Waals surface area contributed by atoms with Crippen LogP contribution in [0.15, 0.2) is 18.2 Å². The molecule has 0 fully saturated rings. The fraction of sp³-hybridized carbons (Fsp3) is 0.600. The van der Waals surface area contributed by atoms with Gasteiger partial charge in [-0.1, -0.05) is 26.7 Å². The Morgan fingerprint density at radius 1 is 1.24 bits per heavy atom. The normalized spacial score (nSPS) is 16.4. The summed E-state index contributed by atoms with van der Waals surface area (Å²) in [6.07, 6.45) is 5.65. The molecule has 94 valence electrons. The summed E-state index contributed by atoms with van der Waals surface area (Å²) in [5.41, 5.74) is 1.34. The zero-order chi connectivity index (χ0) is 12.3. The summed E-state index contributed by atoms with van der Waals surface area (Å²) in [6.45, 7) is 4.45. The van der Waals surface area contributed by atoms with Gasteiger partial charge in [-0.05, 0) is 31.0 Å². The van der Waals surface area contributed by atoms with E-state index in [0.717, 1.165) is 30.8 Å². The average Bonchev–Trinajstić information content (AvgIpc) is 2.66. The maximum atomic E-state index is 6.22. The van der Waals surface area contributed by atoms with Crippen molar-refractivity contribution in [3.63, 3.8) is 0 Å². The number of fused-ring (bicyclic) bond motifs is 1. The van der Waals surface area contributed by atoms with Crippen LogP contribution >= 0.6 is 0 Å². The van der Waals surface area contributed by atoms with Crippen molar-refractivity contribution >= 4 is 0 Å². The van der Waals surface area contributed by atoms with Crippen molar-refractivity contribution in [2.24, 2.45) is 0 Å². The molecule has 0 aliphatic carbocycles. The van der Waals surface area contributed by atoms with E-state index < -0.39 is 0 Å².